The summed E-state index contributed by atoms with van der Waals surface area (Å²) < 4.78 is 0. The van der Waals surface area contributed by atoms with Gasteiger partial charge in [0.15, 0.2) is 5.65 Å². The molecule has 3 aromatic rings. The van der Waals surface area contributed by atoms with Crippen LogP contribution in [0.5, 0.6) is 0 Å². The molecule has 1 aromatic carbocycles. The molecule has 0 unspecified atom stereocenters. The van der Waals surface area contributed by atoms with Gasteiger partial charge >= 0.3 is 0 Å². The van der Waals surface area contributed by atoms with Crippen LogP contribution in [0.3, 0.4) is 0 Å². The number of rotatable bonds is 3. The first-order chi connectivity index (χ1) is 12.2. The SMILES string of the molecule is Cc1cccc(C(=N)c2cnc3[nH]cc(C(=O)NC(C)(C)C)c3n2)c1N. The Kier molecular flexibility index (Phi) is 4.23. The molecule has 0 aliphatic heterocycles. The Hall–Kier alpha value is -3.22. The topological polar surface area (TPSA) is 121 Å². The zero-order chi connectivity index (χ0) is 19.1. The number of aromatic amines is 1. The lowest BCUT2D eigenvalue weighted by atomic mass is 10.0. The van der Waals surface area contributed by atoms with Crippen molar-refractivity contribution in [1.29, 1.82) is 5.41 Å². The van der Waals surface area contributed by atoms with E-state index in [1.165, 1.54) is 6.20 Å². The van der Waals surface area contributed by atoms with E-state index < -0.39 is 0 Å². The molecular formula is C19H22N6O. The summed E-state index contributed by atoms with van der Waals surface area (Å²) in [6, 6.07) is 5.52. The molecule has 0 fully saturated rings. The molecule has 0 aliphatic carbocycles. The van der Waals surface area contributed by atoms with Crippen molar-refractivity contribution in [3.63, 3.8) is 0 Å². The molecule has 0 spiro atoms. The Morgan fingerprint density at radius 2 is 2.00 bits per heavy atom. The number of fused-ring (bicyclic) bond motifs is 1. The maximum absolute atomic E-state index is 12.5. The van der Waals surface area contributed by atoms with E-state index in [1.807, 2.05) is 39.8 Å². The predicted octanol–water partition coefficient (Wildman–Crippen LogP) is 2.79. The molecule has 5 N–H and O–H groups in total. The summed E-state index contributed by atoms with van der Waals surface area (Å²) in [7, 11) is 0. The Bertz CT molecular complexity index is 1010. The third-order valence-electron chi connectivity index (χ3n) is 3.96. The van der Waals surface area contributed by atoms with E-state index in [9.17, 15) is 4.79 Å². The van der Waals surface area contributed by atoms with Gasteiger partial charge in [-0.2, -0.15) is 0 Å². The summed E-state index contributed by atoms with van der Waals surface area (Å²) in [5, 5.41) is 11.4. The normalized spacial score (nSPS) is 11.5. The second kappa shape index (κ2) is 6.25. The van der Waals surface area contributed by atoms with Gasteiger partial charge in [0.2, 0.25) is 0 Å². The minimum absolute atomic E-state index is 0.170. The molecule has 26 heavy (non-hydrogen) atoms. The fourth-order valence-corrected chi connectivity index (χ4v) is 2.63. The van der Waals surface area contributed by atoms with E-state index in [1.54, 1.807) is 12.3 Å². The third-order valence-corrected chi connectivity index (χ3v) is 3.96. The molecule has 0 saturated heterocycles. The van der Waals surface area contributed by atoms with Crippen molar-refractivity contribution in [2.24, 2.45) is 0 Å². The van der Waals surface area contributed by atoms with Gasteiger partial charge in [0.25, 0.3) is 5.91 Å². The van der Waals surface area contributed by atoms with Crippen molar-refractivity contribution >= 4 is 28.5 Å². The number of carbonyl (C=O) groups is 1. The van der Waals surface area contributed by atoms with Crippen molar-refractivity contribution < 1.29 is 4.79 Å². The van der Waals surface area contributed by atoms with Gasteiger partial charge in [-0.3, -0.25) is 10.2 Å². The summed E-state index contributed by atoms with van der Waals surface area (Å²) in [6.45, 7) is 7.62. The number of benzene rings is 1. The summed E-state index contributed by atoms with van der Waals surface area (Å²) in [6.07, 6.45) is 3.09. The van der Waals surface area contributed by atoms with Crippen molar-refractivity contribution in [3.8, 4) is 0 Å². The number of nitrogens with zero attached hydrogens (tertiary/aromatic N) is 2. The Morgan fingerprint density at radius 1 is 1.27 bits per heavy atom. The first kappa shape index (κ1) is 17.6. The van der Waals surface area contributed by atoms with E-state index in [4.69, 9.17) is 11.1 Å². The maximum atomic E-state index is 12.5. The number of nitrogen functional groups attached to an aromatic ring is 1. The maximum Gasteiger partial charge on any atom is 0.255 e. The highest BCUT2D eigenvalue weighted by atomic mass is 16.1. The van der Waals surface area contributed by atoms with E-state index in [0.29, 0.717) is 33.7 Å². The molecule has 0 bridgehead atoms. The number of hydrogen-bond acceptors (Lipinski definition) is 5. The Labute approximate surface area is 151 Å². The van der Waals surface area contributed by atoms with Gasteiger partial charge in [-0.1, -0.05) is 18.2 Å². The van der Waals surface area contributed by atoms with Gasteiger partial charge in [0, 0.05) is 23.0 Å². The average Bonchev–Trinajstić information content (AvgIpc) is 2.98. The van der Waals surface area contributed by atoms with Crippen molar-refractivity contribution in [3.05, 3.63) is 53.0 Å². The molecule has 1 amide bonds. The number of nitrogens with one attached hydrogen (secondary N) is 3. The van der Waals surface area contributed by atoms with Crippen molar-refractivity contribution in [1.82, 2.24) is 20.3 Å². The lowest BCUT2D eigenvalue weighted by Gasteiger charge is -2.20. The Morgan fingerprint density at radius 3 is 2.69 bits per heavy atom. The van der Waals surface area contributed by atoms with Gasteiger partial charge in [-0.15, -0.1) is 0 Å². The second-order valence-corrected chi connectivity index (χ2v) is 7.27. The number of aryl methyl sites for hydroxylation is 1. The standard InChI is InChI=1S/C19H22N6O/c1-10-6-5-7-11(14(10)20)15(21)13-9-23-17-16(24-13)12(8-22-17)18(26)25-19(2,3)4/h5-9,21H,20H2,1-4H3,(H,22,23)(H,25,26). The highest BCUT2D eigenvalue weighted by Gasteiger charge is 2.21. The predicted molar refractivity (Wildman–Crippen MR) is 103 cm³/mol. The molecule has 0 saturated carbocycles. The minimum atomic E-state index is -0.367. The van der Waals surface area contributed by atoms with E-state index in [0.717, 1.165) is 5.56 Å². The zero-order valence-electron chi connectivity index (χ0n) is 15.3. The Balaban J connectivity index is 2.04. The van der Waals surface area contributed by atoms with Gasteiger partial charge in [-0.05, 0) is 33.3 Å². The highest BCUT2D eigenvalue weighted by molar-refractivity contribution is 6.14. The van der Waals surface area contributed by atoms with Crippen LogP contribution in [0.25, 0.3) is 11.2 Å². The number of para-hydroxylation sites is 1. The van der Waals surface area contributed by atoms with Gasteiger partial charge in [-0.25, -0.2) is 9.97 Å². The molecule has 7 nitrogen and oxygen atoms in total. The number of aromatic nitrogens is 3. The summed E-state index contributed by atoms with van der Waals surface area (Å²) in [4.78, 5) is 24.3. The monoisotopic (exact) mass is 350 g/mol. The lowest BCUT2D eigenvalue weighted by Crippen LogP contribution is -2.40. The minimum Gasteiger partial charge on any atom is -0.398 e. The molecule has 7 heteroatoms. The van der Waals surface area contributed by atoms with Crippen LogP contribution < -0.4 is 11.1 Å². The lowest BCUT2D eigenvalue weighted by molar-refractivity contribution is 0.0921. The number of amides is 1. The number of nitrogens with two attached hydrogens (primary N) is 1. The summed E-state index contributed by atoms with van der Waals surface area (Å²) >= 11 is 0. The fraction of sp³-hybridized carbons (Fsp3) is 0.263. The quantitative estimate of drug-likeness (QED) is 0.429. The molecule has 0 radical (unpaired) electrons. The highest BCUT2D eigenvalue weighted by Crippen LogP contribution is 2.21. The first-order valence-electron chi connectivity index (χ1n) is 8.28. The summed E-state index contributed by atoms with van der Waals surface area (Å²) in [5.41, 5.74) is 9.62. The van der Waals surface area contributed by atoms with Crippen LogP contribution in [0.1, 0.15) is 48.0 Å². The molecule has 0 aliphatic rings. The smallest absolute Gasteiger partial charge is 0.255 e. The largest absolute Gasteiger partial charge is 0.398 e. The molecule has 0 atom stereocenters. The third kappa shape index (κ3) is 3.28. The summed E-state index contributed by atoms with van der Waals surface area (Å²) in [5.74, 6) is -0.239. The number of carbonyl (C=O) groups excluding carboxylic acids is 1. The number of hydrogen-bond donors (Lipinski definition) is 4. The van der Waals surface area contributed by atoms with Crippen LogP contribution in [0.15, 0.2) is 30.6 Å². The fourth-order valence-electron chi connectivity index (χ4n) is 2.63. The molecule has 3 rings (SSSR count). The second-order valence-electron chi connectivity index (χ2n) is 7.27. The van der Waals surface area contributed by atoms with Crippen molar-refractivity contribution in [2.75, 3.05) is 5.73 Å². The average molecular weight is 350 g/mol. The number of H-pyrrole nitrogens is 1. The number of anilines is 1. The molecule has 134 valence electrons. The van der Waals surface area contributed by atoms with Crippen molar-refractivity contribution in [2.45, 2.75) is 33.2 Å². The molecule has 2 aromatic heterocycles. The van der Waals surface area contributed by atoms with Crippen LogP contribution in [-0.2, 0) is 0 Å². The first-order valence-corrected chi connectivity index (χ1v) is 8.28. The molecular weight excluding hydrogens is 328 g/mol. The van der Waals surface area contributed by atoms with Gasteiger partial charge in [0.05, 0.1) is 17.5 Å². The van der Waals surface area contributed by atoms with Crippen LogP contribution in [0, 0.1) is 12.3 Å². The van der Waals surface area contributed by atoms with Crippen LogP contribution in [-0.4, -0.2) is 32.1 Å². The van der Waals surface area contributed by atoms with Crippen LogP contribution in [0.2, 0.25) is 0 Å². The van der Waals surface area contributed by atoms with E-state index >= 15 is 0 Å². The van der Waals surface area contributed by atoms with E-state index in [2.05, 4.69) is 20.3 Å². The van der Waals surface area contributed by atoms with Gasteiger partial charge < -0.3 is 16.0 Å². The zero-order valence-corrected chi connectivity index (χ0v) is 15.3. The van der Waals surface area contributed by atoms with Gasteiger partial charge in [0.1, 0.15) is 11.2 Å². The van der Waals surface area contributed by atoms with Crippen LogP contribution >= 0.6 is 0 Å². The van der Waals surface area contributed by atoms with Crippen LogP contribution in [0.4, 0.5) is 5.69 Å². The molecule has 2 heterocycles. The van der Waals surface area contributed by atoms with E-state index in [-0.39, 0.29) is 17.2 Å².